The average Bonchev–Trinajstić information content (AvgIpc) is 3.01. The van der Waals surface area contributed by atoms with E-state index in [4.69, 9.17) is 9.47 Å². The SMILES string of the molecule is COCC(C)OCCC(C)(NC1CC1)C(=O)O. The molecular formula is C12H23NO4. The lowest BCUT2D eigenvalue weighted by Gasteiger charge is -2.27. The molecule has 5 nitrogen and oxygen atoms in total. The van der Waals surface area contributed by atoms with Gasteiger partial charge in [-0.25, -0.2) is 0 Å². The van der Waals surface area contributed by atoms with Gasteiger partial charge < -0.3 is 14.6 Å². The summed E-state index contributed by atoms with van der Waals surface area (Å²) >= 11 is 0. The predicted octanol–water partition coefficient (Wildman–Crippen LogP) is 1.02. The molecule has 0 spiro atoms. The quantitative estimate of drug-likeness (QED) is 0.635. The first-order valence-corrected chi connectivity index (χ1v) is 6.09. The molecule has 2 atom stereocenters. The third kappa shape index (κ3) is 5.02. The molecule has 100 valence electrons. The number of carboxylic acid groups (broad SMARTS) is 1. The van der Waals surface area contributed by atoms with E-state index in [1.54, 1.807) is 14.0 Å². The van der Waals surface area contributed by atoms with Crippen molar-refractivity contribution in [3.63, 3.8) is 0 Å². The maximum atomic E-state index is 11.2. The fourth-order valence-corrected chi connectivity index (χ4v) is 1.67. The van der Waals surface area contributed by atoms with Crippen LogP contribution in [0.4, 0.5) is 0 Å². The number of nitrogens with one attached hydrogen (secondary N) is 1. The molecule has 2 N–H and O–H groups in total. The van der Waals surface area contributed by atoms with Crippen LogP contribution in [0.3, 0.4) is 0 Å². The number of carboxylic acids is 1. The second-order valence-electron chi connectivity index (χ2n) is 4.94. The van der Waals surface area contributed by atoms with Crippen LogP contribution >= 0.6 is 0 Å². The summed E-state index contributed by atoms with van der Waals surface area (Å²) in [7, 11) is 1.62. The van der Waals surface area contributed by atoms with E-state index in [2.05, 4.69) is 5.32 Å². The molecule has 0 amide bonds. The van der Waals surface area contributed by atoms with Crippen LogP contribution in [0, 0.1) is 0 Å². The number of hydrogen-bond donors (Lipinski definition) is 2. The van der Waals surface area contributed by atoms with Crippen LogP contribution in [0.1, 0.15) is 33.1 Å². The first-order valence-electron chi connectivity index (χ1n) is 6.09. The zero-order valence-electron chi connectivity index (χ0n) is 10.9. The van der Waals surface area contributed by atoms with Gasteiger partial charge in [0.15, 0.2) is 0 Å². The summed E-state index contributed by atoms with van der Waals surface area (Å²) in [6, 6.07) is 0.368. The lowest BCUT2D eigenvalue weighted by atomic mass is 9.98. The highest BCUT2D eigenvalue weighted by Gasteiger charge is 2.38. The summed E-state index contributed by atoms with van der Waals surface area (Å²) in [6.07, 6.45) is 2.61. The van der Waals surface area contributed by atoms with Crippen LogP contribution in [0.5, 0.6) is 0 Å². The minimum absolute atomic E-state index is 0.000954. The van der Waals surface area contributed by atoms with Crippen LogP contribution in [0.15, 0.2) is 0 Å². The van der Waals surface area contributed by atoms with Gasteiger partial charge in [-0.05, 0) is 33.1 Å². The van der Waals surface area contributed by atoms with Crippen molar-refractivity contribution in [3.8, 4) is 0 Å². The van der Waals surface area contributed by atoms with Gasteiger partial charge in [0.1, 0.15) is 5.54 Å². The molecule has 0 bridgehead atoms. The molecule has 1 fully saturated rings. The fourth-order valence-electron chi connectivity index (χ4n) is 1.67. The highest BCUT2D eigenvalue weighted by molar-refractivity contribution is 5.78. The Bertz CT molecular complexity index is 255. The van der Waals surface area contributed by atoms with E-state index < -0.39 is 11.5 Å². The number of carbonyl (C=O) groups is 1. The molecule has 0 saturated heterocycles. The standard InChI is InChI=1S/C12H23NO4/c1-9(8-16-3)17-7-6-12(2,11(14)15)13-10-4-5-10/h9-10,13H,4-8H2,1-3H3,(H,14,15). The van der Waals surface area contributed by atoms with E-state index in [0.717, 1.165) is 12.8 Å². The zero-order valence-corrected chi connectivity index (χ0v) is 10.9. The number of hydrogen-bond acceptors (Lipinski definition) is 4. The molecule has 2 unspecified atom stereocenters. The van der Waals surface area contributed by atoms with Gasteiger partial charge in [0.25, 0.3) is 0 Å². The van der Waals surface area contributed by atoms with Gasteiger partial charge >= 0.3 is 5.97 Å². The Balaban J connectivity index is 2.30. The molecule has 0 heterocycles. The average molecular weight is 245 g/mol. The topological polar surface area (TPSA) is 67.8 Å². The highest BCUT2D eigenvalue weighted by atomic mass is 16.5. The molecule has 5 heteroatoms. The number of ether oxygens (including phenoxy) is 2. The van der Waals surface area contributed by atoms with Crippen LogP contribution in [-0.2, 0) is 14.3 Å². The molecule has 1 aliphatic rings. The summed E-state index contributed by atoms with van der Waals surface area (Å²) < 4.78 is 10.5. The van der Waals surface area contributed by atoms with E-state index in [1.165, 1.54) is 0 Å². The van der Waals surface area contributed by atoms with Gasteiger partial charge in [-0.2, -0.15) is 0 Å². The summed E-state index contributed by atoms with van der Waals surface area (Å²) in [5.74, 6) is -0.813. The minimum atomic E-state index is -0.881. The van der Waals surface area contributed by atoms with Crippen molar-refractivity contribution in [2.45, 2.75) is 50.8 Å². The molecule has 0 radical (unpaired) electrons. The van der Waals surface area contributed by atoms with Crippen LogP contribution < -0.4 is 5.32 Å². The van der Waals surface area contributed by atoms with Crippen molar-refractivity contribution >= 4 is 5.97 Å². The molecule has 17 heavy (non-hydrogen) atoms. The summed E-state index contributed by atoms with van der Waals surface area (Å²) in [5.41, 5.74) is -0.881. The monoisotopic (exact) mass is 245 g/mol. The second-order valence-corrected chi connectivity index (χ2v) is 4.94. The Labute approximate surface area is 102 Å². The van der Waals surface area contributed by atoms with Gasteiger partial charge in [0.05, 0.1) is 12.7 Å². The van der Waals surface area contributed by atoms with Gasteiger partial charge in [0.2, 0.25) is 0 Å². The summed E-state index contributed by atoms with van der Waals surface area (Å²) in [5, 5.41) is 12.4. The van der Waals surface area contributed by atoms with E-state index in [0.29, 0.717) is 25.7 Å². The van der Waals surface area contributed by atoms with E-state index in [1.807, 2.05) is 6.92 Å². The summed E-state index contributed by atoms with van der Waals surface area (Å²) in [4.78, 5) is 11.2. The summed E-state index contributed by atoms with van der Waals surface area (Å²) in [6.45, 7) is 4.58. The van der Waals surface area contributed by atoms with Crippen molar-refractivity contribution in [2.75, 3.05) is 20.3 Å². The van der Waals surface area contributed by atoms with Crippen molar-refractivity contribution in [1.29, 1.82) is 0 Å². The molecular weight excluding hydrogens is 222 g/mol. The fraction of sp³-hybridized carbons (Fsp3) is 0.917. The first kappa shape index (κ1) is 14.4. The van der Waals surface area contributed by atoms with E-state index >= 15 is 0 Å². The lowest BCUT2D eigenvalue weighted by molar-refractivity contribution is -0.145. The van der Waals surface area contributed by atoms with Gasteiger partial charge in [-0.3, -0.25) is 10.1 Å². The van der Waals surface area contributed by atoms with Crippen molar-refractivity contribution in [3.05, 3.63) is 0 Å². The first-order chi connectivity index (χ1) is 7.98. The Kier molecular flexibility index (Phi) is 5.36. The van der Waals surface area contributed by atoms with Crippen LogP contribution in [-0.4, -0.2) is 49.1 Å². The van der Waals surface area contributed by atoms with E-state index in [-0.39, 0.29) is 6.10 Å². The number of methoxy groups -OCH3 is 1. The van der Waals surface area contributed by atoms with Crippen molar-refractivity contribution in [1.82, 2.24) is 5.32 Å². The maximum absolute atomic E-state index is 11.2. The van der Waals surface area contributed by atoms with Gasteiger partial charge in [-0.15, -0.1) is 0 Å². The predicted molar refractivity (Wildman–Crippen MR) is 64.1 cm³/mol. The Morgan fingerprint density at radius 3 is 2.71 bits per heavy atom. The third-order valence-corrected chi connectivity index (χ3v) is 2.98. The number of rotatable bonds is 9. The zero-order chi connectivity index (χ0) is 12.9. The van der Waals surface area contributed by atoms with Crippen LogP contribution in [0.2, 0.25) is 0 Å². The van der Waals surface area contributed by atoms with Gasteiger partial charge in [-0.1, -0.05) is 0 Å². The highest BCUT2D eigenvalue weighted by Crippen LogP contribution is 2.24. The van der Waals surface area contributed by atoms with Crippen molar-refractivity contribution < 1.29 is 19.4 Å². The van der Waals surface area contributed by atoms with Gasteiger partial charge in [0, 0.05) is 19.8 Å². The van der Waals surface area contributed by atoms with E-state index in [9.17, 15) is 9.90 Å². The molecule has 1 aliphatic carbocycles. The smallest absolute Gasteiger partial charge is 0.323 e. The molecule has 0 aromatic heterocycles. The molecule has 0 aromatic carbocycles. The Hall–Kier alpha value is -0.650. The molecule has 1 saturated carbocycles. The molecule has 0 aromatic rings. The lowest BCUT2D eigenvalue weighted by Crippen LogP contribution is -2.51. The molecule has 0 aliphatic heterocycles. The Morgan fingerprint density at radius 2 is 2.24 bits per heavy atom. The van der Waals surface area contributed by atoms with Crippen LogP contribution in [0.25, 0.3) is 0 Å². The second kappa shape index (κ2) is 6.33. The third-order valence-electron chi connectivity index (χ3n) is 2.98. The normalized spacial score (nSPS) is 20.9. The van der Waals surface area contributed by atoms with Crippen molar-refractivity contribution in [2.24, 2.45) is 0 Å². The minimum Gasteiger partial charge on any atom is -0.480 e. The maximum Gasteiger partial charge on any atom is 0.323 e. The Morgan fingerprint density at radius 1 is 1.59 bits per heavy atom. The largest absolute Gasteiger partial charge is 0.480 e. The molecule has 1 rings (SSSR count). The number of aliphatic carboxylic acids is 1.